The number of rotatable bonds is 6. The smallest absolute Gasteiger partial charge is 0.228 e. The number of carbonyl (C=O) groups excluding carboxylic acids is 1. The summed E-state index contributed by atoms with van der Waals surface area (Å²) >= 11 is 0. The average molecular weight is 285 g/mol. The fourth-order valence-electron chi connectivity index (χ4n) is 2.05. The van der Waals surface area contributed by atoms with E-state index in [-0.39, 0.29) is 25.0 Å². The Labute approximate surface area is 121 Å². The molecule has 1 aliphatic rings. The molecule has 6 nitrogen and oxygen atoms in total. The van der Waals surface area contributed by atoms with Crippen LogP contribution in [0.1, 0.15) is 12.8 Å². The van der Waals surface area contributed by atoms with Gasteiger partial charge in [0.05, 0.1) is 0 Å². The third-order valence-corrected chi connectivity index (χ3v) is 3.34. The molecule has 108 valence electrons. The summed E-state index contributed by atoms with van der Waals surface area (Å²) < 4.78 is 5.40. The van der Waals surface area contributed by atoms with Gasteiger partial charge < -0.3 is 10.1 Å². The lowest BCUT2D eigenvalue weighted by Gasteiger charge is -2.07. The number of anilines is 1. The number of fused-ring (bicyclic) bond motifs is 1. The van der Waals surface area contributed by atoms with Crippen molar-refractivity contribution in [3.63, 3.8) is 0 Å². The van der Waals surface area contributed by atoms with E-state index >= 15 is 0 Å². The minimum absolute atomic E-state index is 0.0446. The van der Waals surface area contributed by atoms with Crippen molar-refractivity contribution in [1.29, 1.82) is 0 Å². The van der Waals surface area contributed by atoms with Crippen molar-refractivity contribution in [3.05, 3.63) is 35.4 Å². The van der Waals surface area contributed by atoms with Gasteiger partial charge in [0.15, 0.2) is 0 Å². The van der Waals surface area contributed by atoms with Gasteiger partial charge in [-0.2, -0.15) is 4.91 Å². The molecule has 1 heterocycles. The van der Waals surface area contributed by atoms with Gasteiger partial charge in [0, 0.05) is 17.5 Å². The fraction of sp³-hybridized carbons (Fsp3) is 0.333. The quantitative estimate of drug-likeness (QED) is 0.653. The summed E-state index contributed by atoms with van der Waals surface area (Å²) in [5.74, 6) is 1.44. The molecule has 0 unspecified atom stereocenters. The standard InChI is InChI=1S/C15H15N3O3/c19-15(10-1-2-10)18-14-8-11-3-4-13(21-6-5-17-20)7-12(11)9-16-14/h3-4,7-10H,1-2,5-6H2,(H,16,18,19). The molecule has 1 N–H and O–H groups in total. The lowest BCUT2D eigenvalue weighted by molar-refractivity contribution is -0.117. The summed E-state index contributed by atoms with van der Waals surface area (Å²) in [6.07, 6.45) is 3.63. The van der Waals surface area contributed by atoms with Gasteiger partial charge in [0.2, 0.25) is 5.91 Å². The van der Waals surface area contributed by atoms with Gasteiger partial charge >= 0.3 is 0 Å². The second-order valence-corrected chi connectivity index (χ2v) is 5.04. The number of nitroso groups, excluding NO2 is 1. The van der Waals surface area contributed by atoms with Gasteiger partial charge in [-0.3, -0.25) is 4.79 Å². The van der Waals surface area contributed by atoms with E-state index in [0.717, 1.165) is 23.6 Å². The maximum Gasteiger partial charge on any atom is 0.228 e. The predicted octanol–water partition coefficient (Wildman–Crippen LogP) is 2.73. The maximum atomic E-state index is 11.7. The molecule has 0 radical (unpaired) electrons. The molecule has 0 aliphatic heterocycles. The van der Waals surface area contributed by atoms with E-state index < -0.39 is 0 Å². The van der Waals surface area contributed by atoms with E-state index in [2.05, 4.69) is 15.5 Å². The van der Waals surface area contributed by atoms with Crippen molar-refractivity contribution < 1.29 is 9.53 Å². The Balaban J connectivity index is 1.74. The fourth-order valence-corrected chi connectivity index (χ4v) is 2.05. The molecule has 21 heavy (non-hydrogen) atoms. The Hall–Kier alpha value is -2.50. The van der Waals surface area contributed by atoms with E-state index in [1.54, 1.807) is 6.20 Å². The number of hydrogen-bond donors (Lipinski definition) is 1. The minimum atomic E-state index is 0.0446. The number of pyridine rings is 1. The normalized spacial score (nSPS) is 13.9. The second kappa shape index (κ2) is 5.87. The highest BCUT2D eigenvalue weighted by Crippen LogP contribution is 2.30. The Kier molecular flexibility index (Phi) is 3.77. The Bertz CT molecular complexity index is 683. The van der Waals surface area contributed by atoms with Crippen LogP contribution in [-0.2, 0) is 4.79 Å². The molecule has 6 heteroatoms. The molecule has 0 spiro atoms. The highest BCUT2D eigenvalue weighted by molar-refractivity contribution is 5.95. The summed E-state index contributed by atoms with van der Waals surface area (Å²) in [6, 6.07) is 7.40. The van der Waals surface area contributed by atoms with Gasteiger partial charge in [-0.25, -0.2) is 4.98 Å². The SMILES string of the molecule is O=NCCOc1ccc2cc(NC(=O)C3CC3)ncc2c1. The number of nitrogens with one attached hydrogen (secondary N) is 1. The summed E-state index contributed by atoms with van der Waals surface area (Å²) in [5, 5.41) is 7.45. The van der Waals surface area contributed by atoms with Crippen LogP contribution < -0.4 is 10.1 Å². The third-order valence-electron chi connectivity index (χ3n) is 3.34. The molecule has 1 saturated carbocycles. The molecule has 1 amide bonds. The molecular formula is C15H15N3O3. The number of carbonyl (C=O) groups is 1. The first-order valence-corrected chi connectivity index (χ1v) is 6.89. The zero-order chi connectivity index (χ0) is 14.7. The lowest BCUT2D eigenvalue weighted by Crippen LogP contribution is -2.14. The van der Waals surface area contributed by atoms with Gasteiger partial charge in [0.25, 0.3) is 0 Å². The number of nitrogens with zero attached hydrogens (tertiary/aromatic N) is 2. The number of hydrogen-bond acceptors (Lipinski definition) is 5. The van der Waals surface area contributed by atoms with E-state index in [0.29, 0.717) is 11.6 Å². The number of amides is 1. The Morgan fingerprint density at radius 3 is 2.95 bits per heavy atom. The molecule has 0 bridgehead atoms. The topological polar surface area (TPSA) is 80.6 Å². The molecule has 3 rings (SSSR count). The van der Waals surface area contributed by atoms with Crippen molar-refractivity contribution in [2.24, 2.45) is 11.1 Å². The van der Waals surface area contributed by atoms with Crippen molar-refractivity contribution in [2.45, 2.75) is 12.8 Å². The molecule has 1 aromatic carbocycles. The average Bonchev–Trinajstić information content (AvgIpc) is 3.32. The van der Waals surface area contributed by atoms with Crippen LogP contribution in [0.3, 0.4) is 0 Å². The number of ether oxygens (including phenoxy) is 1. The second-order valence-electron chi connectivity index (χ2n) is 5.04. The van der Waals surface area contributed by atoms with E-state index in [4.69, 9.17) is 4.74 Å². The third kappa shape index (κ3) is 3.34. The van der Waals surface area contributed by atoms with Crippen molar-refractivity contribution in [3.8, 4) is 5.75 Å². The highest BCUT2D eigenvalue weighted by Gasteiger charge is 2.29. The Morgan fingerprint density at radius 1 is 1.33 bits per heavy atom. The first-order chi connectivity index (χ1) is 10.3. The molecule has 1 fully saturated rings. The van der Waals surface area contributed by atoms with Crippen LogP contribution in [0.5, 0.6) is 5.75 Å². The summed E-state index contributed by atoms with van der Waals surface area (Å²) in [4.78, 5) is 26.0. The number of benzene rings is 1. The van der Waals surface area contributed by atoms with Crippen molar-refractivity contribution in [1.82, 2.24) is 4.98 Å². The predicted molar refractivity (Wildman–Crippen MR) is 79.3 cm³/mol. The van der Waals surface area contributed by atoms with E-state index in [1.807, 2.05) is 24.3 Å². The molecule has 0 atom stereocenters. The zero-order valence-corrected chi connectivity index (χ0v) is 11.4. The van der Waals surface area contributed by atoms with E-state index in [9.17, 15) is 9.70 Å². The van der Waals surface area contributed by atoms with E-state index in [1.165, 1.54) is 0 Å². The van der Waals surface area contributed by atoms with Crippen LogP contribution in [0.4, 0.5) is 5.82 Å². The zero-order valence-electron chi connectivity index (χ0n) is 11.4. The van der Waals surface area contributed by atoms with Gasteiger partial charge in [-0.15, -0.1) is 0 Å². The monoisotopic (exact) mass is 285 g/mol. The molecule has 1 aromatic heterocycles. The summed E-state index contributed by atoms with van der Waals surface area (Å²) in [5.41, 5.74) is 0. The van der Waals surface area contributed by atoms with Gasteiger partial charge in [0.1, 0.15) is 24.7 Å². The molecule has 0 saturated heterocycles. The molecular weight excluding hydrogens is 270 g/mol. The summed E-state index contributed by atoms with van der Waals surface area (Å²) in [7, 11) is 0. The largest absolute Gasteiger partial charge is 0.492 e. The van der Waals surface area contributed by atoms with Crippen molar-refractivity contribution in [2.75, 3.05) is 18.5 Å². The van der Waals surface area contributed by atoms with Gasteiger partial charge in [-0.1, -0.05) is 11.2 Å². The lowest BCUT2D eigenvalue weighted by atomic mass is 10.1. The van der Waals surface area contributed by atoms with Crippen LogP contribution in [0, 0.1) is 10.8 Å². The van der Waals surface area contributed by atoms with Crippen LogP contribution in [0.25, 0.3) is 10.8 Å². The van der Waals surface area contributed by atoms with Crippen LogP contribution in [0.2, 0.25) is 0 Å². The van der Waals surface area contributed by atoms with Crippen LogP contribution in [-0.4, -0.2) is 24.0 Å². The van der Waals surface area contributed by atoms with Crippen LogP contribution in [0.15, 0.2) is 35.6 Å². The first-order valence-electron chi connectivity index (χ1n) is 6.89. The highest BCUT2D eigenvalue weighted by atomic mass is 16.5. The Morgan fingerprint density at radius 2 is 2.19 bits per heavy atom. The van der Waals surface area contributed by atoms with Gasteiger partial charge in [-0.05, 0) is 36.4 Å². The molecule has 2 aromatic rings. The molecule has 1 aliphatic carbocycles. The summed E-state index contributed by atoms with van der Waals surface area (Å²) in [6.45, 7) is 0.389. The number of aromatic nitrogens is 1. The van der Waals surface area contributed by atoms with Crippen LogP contribution >= 0.6 is 0 Å². The van der Waals surface area contributed by atoms with Crippen molar-refractivity contribution >= 4 is 22.5 Å². The minimum Gasteiger partial charge on any atom is -0.492 e. The first kappa shape index (κ1) is 13.5. The maximum absolute atomic E-state index is 11.7.